The average Bonchev–Trinajstić information content (AvgIpc) is 2.83. The van der Waals surface area contributed by atoms with E-state index in [9.17, 15) is 23.3 Å². The second kappa shape index (κ2) is 11.1. The Morgan fingerprint density at radius 2 is 1.74 bits per heavy atom. The van der Waals surface area contributed by atoms with Gasteiger partial charge in [0.2, 0.25) is 5.91 Å². The van der Waals surface area contributed by atoms with E-state index in [4.69, 9.17) is 21.1 Å². The van der Waals surface area contributed by atoms with Crippen LogP contribution in [0.2, 0.25) is 5.02 Å². The van der Waals surface area contributed by atoms with Crippen LogP contribution in [0.5, 0.6) is 11.5 Å². The molecule has 3 aromatic rings. The first-order valence-corrected chi connectivity index (χ1v) is 12.1. The molecule has 0 spiro atoms. The minimum atomic E-state index is -4.19. The number of halogens is 1. The number of non-ortho nitro benzene ring substituents is 1. The molecule has 10 nitrogen and oxygen atoms in total. The van der Waals surface area contributed by atoms with E-state index < -0.39 is 27.4 Å². The fraction of sp³-hybridized carbons (Fsp3) is 0.174. The number of carbonyl (C=O) groups is 1. The van der Waals surface area contributed by atoms with Crippen molar-refractivity contribution in [2.75, 3.05) is 29.9 Å². The van der Waals surface area contributed by atoms with Crippen molar-refractivity contribution in [3.8, 4) is 11.5 Å². The van der Waals surface area contributed by atoms with E-state index in [-0.39, 0.29) is 27.7 Å². The summed E-state index contributed by atoms with van der Waals surface area (Å²) in [6.07, 6.45) is 0. The minimum absolute atomic E-state index is 0.0298. The molecule has 0 atom stereocenters. The Kier molecular flexibility index (Phi) is 8.15. The number of nitro benzene ring substituents is 1. The van der Waals surface area contributed by atoms with Crippen LogP contribution in [-0.4, -0.2) is 39.5 Å². The van der Waals surface area contributed by atoms with Gasteiger partial charge in [0.05, 0.1) is 34.9 Å². The number of benzene rings is 3. The SMILES string of the molecule is CCOc1ccc(N(CC(=O)Nc2cc([N+](=O)[O-])ccc2OC)S(=O)(=O)c2ccc(Cl)cc2)cc1. The Hall–Kier alpha value is -3.83. The number of nitrogens with one attached hydrogen (secondary N) is 1. The lowest BCUT2D eigenvalue weighted by Gasteiger charge is -2.24. The van der Waals surface area contributed by atoms with Crippen molar-refractivity contribution in [1.29, 1.82) is 0 Å². The van der Waals surface area contributed by atoms with E-state index in [0.717, 1.165) is 10.4 Å². The Morgan fingerprint density at radius 3 is 2.31 bits per heavy atom. The summed E-state index contributed by atoms with van der Waals surface area (Å²) in [4.78, 5) is 23.4. The highest BCUT2D eigenvalue weighted by molar-refractivity contribution is 7.92. The van der Waals surface area contributed by atoms with Crippen LogP contribution in [0.25, 0.3) is 0 Å². The molecule has 0 bridgehead atoms. The Balaban J connectivity index is 1.97. The molecular formula is C23H22ClN3O7S. The smallest absolute Gasteiger partial charge is 0.271 e. The fourth-order valence-electron chi connectivity index (χ4n) is 3.15. The number of amides is 1. The zero-order chi connectivity index (χ0) is 25.6. The monoisotopic (exact) mass is 519 g/mol. The van der Waals surface area contributed by atoms with Crippen LogP contribution in [0.15, 0.2) is 71.6 Å². The van der Waals surface area contributed by atoms with Gasteiger partial charge in [-0.1, -0.05) is 11.6 Å². The predicted octanol–water partition coefficient (Wildman–Crippen LogP) is 4.49. The van der Waals surface area contributed by atoms with E-state index in [0.29, 0.717) is 17.4 Å². The van der Waals surface area contributed by atoms with Crippen LogP contribution in [0.3, 0.4) is 0 Å². The molecule has 0 aromatic heterocycles. The van der Waals surface area contributed by atoms with Crippen LogP contribution in [0, 0.1) is 10.1 Å². The third kappa shape index (κ3) is 6.19. The van der Waals surface area contributed by atoms with Crippen LogP contribution in [0.1, 0.15) is 6.92 Å². The van der Waals surface area contributed by atoms with Gasteiger partial charge in [-0.05, 0) is 61.5 Å². The van der Waals surface area contributed by atoms with Gasteiger partial charge in [0, 0.05) is 17.2 Å². The lowest BCUT2D eigenvalue weighted by molar-refractivity contribution is -0.384. The predicted molar refractivity (Wildman–Crippen MR) is 132 cm³/mol. The number of nitrogens with zero attached hydrogens (tertiary/aromatic N) is 2. The average molecular weight is 520 g/mol. The molecule has 0 fully saturated rings. The van der Waals surface area contributed by atoms with Gasteiger partial charge in [-0.3, -0.25) is 19.2 Å². The van der Waals surface area contributed by atoms with Crippen LogP contribution < -0.4 is 19.1 Å². The number of nitro groups is 1. The second-order valence-electron chi connectivity index (χ2n) is 7.08. The molecule has 0 aliphatic carbocycles. The molecule has 1 amide bonds. The number of rotatable bonds is 10. The molecule has 0 radical (unpaired) electrons. The largest absolute Gasteiger partial charge is 0.495 e. The van der Waals surface area contributed by atoms with Gasteiger partial charge >= 0.3 is 0 Å². The summed E-state index contributed by atoms with van der Waals surface area (Å²) in [6.45, 7) is 1.63. The summed E-state index contributed by atoms with van der Waals surface area (Å²) < 4.78 is 38.4. The number of methoxy groups -OCH3 is 1. The Labute approximate surface area is 207 Å². The molecule has 0 unspecified atom stereocenters. The first-order valence-electron chi connectivity index (χ1n) is 10.3. The van der Waals surface area contributed by atoms with E-state index in [1.807, 2.05) is 6.92 Å². The van der Waals surface area contributed by atoms with E-state index >= 15 is 0 Å². The normalized spacial score (nSPS) is 10.9. The molecule has 0 aliphatic heterocycles. The summed E-state index contributed by atoms with van der Waals surface area (Å²) in [5.74, 6) is -0.0294. The first-order chi connectivity index (χ1) is 16.6. The van der Waals surface area contributed by atoms with Gasteiger partial charge in [-0.2, -0.15) is 0 Å². The molecule has 1 N–H and O–H groups in total. The van der Waals surface area contributed by atoms with E-state index in [2.05, 4.69) is 5.32 Å². The number of anilines is 2. The molecule has 184 valence electrons. The van der Waals surface area contributed by atoms with Crippen LogP contribution in [-0.2, 0) is 14.8 Å². The number of hydrogen-bond acceptors (Lipinski definition) is 7. The molecular weight excluding hydrogens is 498 g/mol. The molecule has 0 saturated heterocycles. The summed E-state index contributed by atoms with van der Waals surface area (Å²) in [5.41, 5.74) is -0.0231. The minimum Gasteiger partial charge on any atom is -0.495 e. The van der Waals surface area contributed by atoms with Crippen LogP contribution in [0.4, 0.5) is 17.1 Å². The summed E-state index contributed by atoms with van der Waals surface area (Å²) in [6, 6.07) is 15.4. The molecule has 3 rings (SSSR count). The lowest BCUT2D eigenvalue weighted by Crippen LogP contribution is -2.38. The standard InChI is InChI=1S/C23H22ClN3O7S/c1-3-34-19-9-6-17(7-10-19)26(35(31,32)20-11-4-16(24)5-12-20)15-23(28)25-21-14-18(27(29)30)8-13-22(21)33-2/h4-14H,3,15H2,1-2H3,(H,25,28). The molecule has 0 heterocycles. The summed E-state index contributed by atoms with van der Waals surface area (Å²) >= 11 is 5.90. The molecule has 12 heteroatoms. The van der Waals surface area contributed by atoms with Crippen molar-refractivity contribution in [3.05, 3.63) is 81.9 Å². The molecule has 35 heavy (non-hydrogen) atoms. The third-order valence-electron chi connectivity index (χ3n) is 4.79. The van der Waals surface area contributed by atoms with Gasteiger partial charge in [0.15, 0.2) is 0 Å². The topological polar surface area (TPSA) is 128 Å². The number of sulfonamides is 1. The van der Waals surface area contributed by atoms with E-state index in [1.165, 1.54) is 55.6 Å². The fourth-order valence-corrected chi connectivity index (χ4v) is 4.70. The molecule has 0 aliphatic rings. The van der Waals surface area contributed by atoms with Crippen molar-refractivity contribution >= 4 is 44.6 Å². The Morgan fingerprint density at radius 1 is 1.09 bits per heavy atom. The number of carbonyl (C=O) groups excluding carboxylic acids is 1. The summed E-state index contributed by atoms with van der Waals surface area (Å²) in [7, 11) is -2.85. The Bertz CT molecular complexity index is 1310. The van der Waals surface area contributed by atoms with Gasteiger partial charge in [0.1, 0.15) is 18.0 Å². The highest BCUT2D eigenvalue weighted by atomic mass is 35.5. The van der Waals surface area contributed by atoms with Crippen molar-refractivity contribution in [2.45, 2.75) is 11.8 Å². The van der Waals surface area contributed by atoms with Crippen molar-refractivity contribution in [2.24, 2.45) is 0 Å². The van der Waals surface area contributed by atoms with Crippen LogP contribution >= 0.6 is 11.6 Å². The van der Waals surface area contributed by atoms with Crippen molar-refractivity contribution in [3.63, 3.8) is 0 Å². The van der Waals surface area contributed by atoms with E-state index in [1.54, 1.807) is 12.1 Å². The number of hydrogen-bond donors (Lipinski definition) is 1. The number of ether oxygens (including phenoxy) is 2. The maximum atomic E-state index is 13.5. The summed E-state index contributed by atoms with van der Waals surface area (Å²) in [5, 5.41) is 14.0. The van der Waals surface area contributed by atoms with Crippen molar-refractivity contribution < 1.29 is 27.6 Å². The van der Waals surface area contributed by atoms with Gasteiger partial charge in [-0.15, -0.1) is 0 Å². The molecule has 3 aromatic carbocycles. The van der Waals surface area contributed by atoms with Gasteiger partial charge in [0.25, 0.3) is 15.7 Å². The highest BCUT2D eigenvalue weighted by Crippen LogP contribution is 2.30. The third-order valence-corrected chi connectivity index (χ3v) is 6.83. The quantitative estimate of drug-likeness (QED) is 0.308. The van der Waals surface area contributed by atoms with Gasteiger partial charge < -0.3 is 14.8 Å². The second-order valence-corrected chi connectivity index (χ2v) is 9.38. The zero-order valence-corrected chi connectivity index (χ0v) is 20.4. The van der Waals surface area contributed by atoms with Gasteiger partial charge in [-0.25, -0.2) is 8.42 Å². The first kappa shape index (κ1) is 25.8. The maximum Gasteiger partial charge on any atom is 0.271 e. The van der Waals surface area contributed by atoms with Crippen molar-refractivity contribution in [1.82, 2.24) is 0 Å². The highest BCUT2D eigenvalue weighted by Gasteiger charge is 2.28. The molecule has 0 saturated carbocycles. The zero-order valence-electron chi connectivity index (χ0n) is 18.8. The maximum absolute atomic E-state index is 13.5. The lowest BCUT2D eigenvalue weighted by atomic mass is 10.2.